The summed E-state index contributed by atoms with van der Waals surface area (Å²) in [4.78, 5) is 12.5. The molecule has 1 aromatic heterocycles. The van der Waals surface area contributed by atoms with Crippen LogP contribution in [0.15, 0.2) is 84.0 Å². The lowest BCUT2D eigenvalue weighted by molar-refractivity contribution is -0.137. The topological polar surface area (TPSA) is 69.0 Å². The van der Waals surface area contributed by atoms with E-state index >= 15 is 0 Å². The SMILES string of the molecule is COc1ccc(-c2nnc(SCC(=O)Nc3ccccc3C(F)(F)F)n2-c2ccccc2)cc1. The summed E-state index contributed by atoms with van der Waals surface area (Å²) in [7, 11) is 1.58. The number of alkyl halides is 3. The molecule has 34 heavy (non-hydrogen) atoms. The number of methoxy groups -OCH3 is 1. The maximum absolute atomic E-state index is 13.2. The summed E-state index contributed by atoms with van der Waals surface area (Å²) in [6.07, 6.45) is -4.57. The number of nitrogens with one attached hydrogen (secondary N) is 1. The highest BCUT2D eigenvalue weighted by atomic mass is 32.2. The number of amides is 1. The number of aromatic nitrogens is 3. The second-order valence-corrected chi connectivity index (χ2v) is 8.03. The van der Waals surface area contributed by atoms with Gasteiger partial charge in [-0.3, -0.25) is 9.36 Å². The highest BCUT2D eigenvalue weighted by Crippen LogP contribution is 2.35. The third-order valence-electron chi connectivity index (χ3n) is 4.83. The van der Waals surface area contributed by atoms with Gasteiger partial charge in [0.1, 0.15) is 5.75 Å². The van der Waals surface area contributed by atoms with Crippen molar-refractivity contribution in [2.45, 2.75) is 11.3 Å². The van der Waals surface area contributed by atoms with Gasteiger partial charge in [0.2, 0.25) is 5.91 Å². The van der Waals surface area contributed by atoms with Crippen molar-refractivity contribution in [3.05, 3.63) is 84.4 Å². The van der Waals surface area contributed by atoms with E-state index in [1.165, 1.54) is 18.2 Å². The number of carbonyl (C=O) groups excluding carboxylic acids is 1. The molecule has 10 heteroatoms. The molecule has 0 unspecified atom stereocenters. The van der Waals surface area contributed by atoms with Crippen LogP contribution in [0.25, 0.3) is 17.1 Å². The second-order valence-electron chi connectivity index (χ2n) is 7.09. The fraction of sp³-hybridized carbons (Fsp3) is 0.125. The summed E-state index contributed by atoms with van der Waals surface area (Å²) >= 11 is 1.08. The Morgan fingerprint density at radius 3 is 2.32 bits per heavy atom. The van der Waals surface area contributed by atoms with Crippen molar-refractivity contribution < 1.29 is 22.7 Å². The first-order chi connectivity index (χ1) is 16.4. The Bertz CT molecular complexity index is 1280. The molecule has 0 radical (unpaired) electrons. The van der Waals surface area contributed by atoms with Crippen LogP contribution in [-0.4, -0.2) is 33.5 Å². The van der Waals surface area contributed by atoms with Gasteiger partial charge < -0.3 is 10.1 Å². The Labute approximate surface area is 197 Å². The second kappa shape index (κ2) is 10.0. The summed E-state index contributed by atoms with van der Waals surface area (Å²) in [5.41, 5.74) is 0.378. The number of hydrogen-bond acceptors (Lipinski definition) is 5. The van der Waals surface area contributed by atoms with Crippen molar-refractivity contribution in [2.75, 3.05) is 18.2 Å². The van der Waals surface area contributed by atoms with E-state index in [0.29, 0.717) is 16.7 Å². The smallest absolute Gasteiger partial charge is 0.418 e. The molecule has 0 aliphatic carbocycles. The van der Waals surface area contributed by atoms with Crippen molar-refractivity contribution in [3.63, 3.8) is 0 Å². The van der Waals surface area contributed by atoms with E-state index in [2.05, 4.69) is 15.5 Å². The number of anilines is 1. The molecule has 6 nitrogen and oxygen atoms in total. The third kappa shape index (κ3) is 5.23. The van der Waals surface area contributed by atoms with Gasteiger partial charge in [0.05, 0.1) is 24.1 Å². The van der Waals surface area contributed by atoms with Gasteiger partial charge in [0.25, 0.3) is 0 Å². The molecule has 0 fully saturated rings. The summed E-state index contributed by atoms with van der Waals surface area (Å²) in [5.74, 6) is 0.508. The largest absolute Gasteiger partial charge is 0.497 e. The molecule has 1 heterocycles. The van der Waals surface area contributed by atoms with E-state index in [9.17, 15) is 18.0 Å². The number of hydrogen-bond donors (Lipinski definition) is 1. The van der Waals surface area contributed by atoms with Crippen LogP contribution >= 0.6 is 11.8 Å². The van der Waals surface area contributed by atoms with Crippen molar-refractivity contribution in [3.8, 4) is 22.8 Å². The lowest BCUT2D eigenvalue weighted by atomic mass is 10.1. The minimum Gasteiger partial charge on any atom is -0.497 e. The number of halogens is 3. The molecule has 0 bridgehead atoms. The molecule has 4 rings (SSSR count). The molecule has 0 aliphatic heterocycles. The van der Waals surface area contributed by atoms with Gasteiger partial charge in [-0.05, 0) is 48.5 Å². The Hall–Kier alpha value is -3.79. The maximum atomic E-state index is 13.2. The first-order valence-corrected chi connectivity index (χ1v) is 11.1. The molecule has 0 atom stereocenters. The van der Waals surface area contributed by atoms with Crippen LogP contribution in [0.5, 0.6) is 5.75 Å². The molecule has 0 aliphatic rings. The number of nitrogens with zero attached hydrogens (tertiary/aromatic N) is 3. The van der Waals surface area contributed by atoms with Crippen LogP contribution in [0.1, 0.15) is 5.56 Å². The Morgan fingerprint density at radius 2 is 1.65 bits per heavy atom. The molecule has 174 valence electrons. The molecule has 4 aromatic rings. The number of para-hydroxylation sites is 2. The van der Waals surface area contributed by atoms with E-state index in [4.69, 9.17) is 4.74 Å². The molecular formula is C24H19F3N4O2S. The average Bonchev–Trinajstić information content (AvgIpc) is 3.27. The standard InChI is InChI=1S/C24H19F3N4O2S/c1-33-18-13-11-16(12-14-18)22-29-30-23(31(22)17-7-3-2-4-8-17)34-15-21(32)28-20-10-6-5-9-19(20)24(25,26)27/h2-14H,15H2,1H3,(H,28,32). The summed E-state index contributed by atoms with van der Waals surface area (Å²) in [5, 5.41) is 11.3. The lowest BCUT2D eigenvalue weighted by Gasteiger charge is -2.13. The Balaban J connectivity index is 1.58. The number of ether oxygens (including phenoxy) is 1. The minimum atomic E-state index is -4.57. The zero-order valence-electron chi connectivity index (χ0n) is 17.9. The zero-order chi connectivity index (χ0) is 24.1. The number of benzene rings is 3. The van der Waals surface area contributed by atoms with Crippen LogP contribution in [0, 0.1) is 0 Å². The number of thioether (sulfide) groups is 1. The zero-order valence-corrected chi connectivity index (χ0v) is 18.7. The van der Waals surface area contributed by atoms with Crippen molar-refractivity contribution in [2.24, 2.45) is 0 Å². The first kappa shape index (κ1) is 23.4. The molecule has 0 spiro atoms. The van der Waals surface area contributed by atoms with Gasteiger partial charge in [0.15, 0.2) is 11.0 Å². The van der Waals surface area contributed by atoms with Gasteiger partial charge >= 0.3 is 6.18 Å². The first-order valence-electron chi connectivity index (χ1n) is 10.1. The van der Waals surface area contributed by atoms with Gasteiger partial charge in [0, 0.05) is 11.3 Å². The predicted octanol–water partition coefficient (Wildman–Crippen LogP) is 5.69. The van der Waals surface area contributed by atoms with Crippen LogP contribution in [-0.2, 0) is 11.0 Å². The predicted molar refractivity (Wildman–Crippen MR) is 124 cm³/mol. The average molecular weight is 485 g/mol. The fourth-order valence-corrected chi connectivity index (χ4v) is 4.01. The van der Waals surface area contributed by atoms with E-state index < -0.39 is 17.6 Å². The van der Waals surface area contributed by atoms with Crippen LogP contribution in [0.3, 0.4) is 0 Å². The van der Waals surface area contributed by atoms with E-state index in [0.717, 1.165) is 29.1 Å². The van der Waals surface area contributed by atoms with Gasteiger partial charge in [-0.2, -0.15) is 13.2 Å². The Kier molecular flexibility index (Phi) is 6.87. The van der Waals surface area contributed by atoms with Crippen molar-refractivity contribution in [1.29, 1.82) is 0 Å². The lowest BCUT2D eigenvalue weighted by Crippen LogP contribution is -2.18. The van der Waals surface area contributed by atoms with Crippen LogP contribution in [0.4, 0.5) is 18.9 Å². The summed E-state index contributed by atoms with van der Waals surface area (Å²) in [6, 6.07) is 21.5. The van der Waals surface area contributed by atoms with Gasteiger partial charge in [-0.15, -0.1) is 10.2 Å². The third-order valence-corrected chi connectivity index (χ3v) is 5.76. The molecule has 0 saturated heterocycles. The van der Waals surface area contributed by atoms with Crippen molar-refractivity contribution >= 4 is 23.4 Å². The molecule has 0 saturated carbocycles. The minimum absolute atomic E-state index is 0.153. The van der Waals surface area contributed by atoms with Crippen LogP contribution < -0.4 is 10.1 Å². The van der Waals surface area contributed by atoms with E-state index in [1.807, 2.05) is 42.5 Å². The molecule has 1 amide bonds. The quantitative estimate of drug-likeness (QED) is 0.341. The molecular weight excluding hydrogens is 465 g/mol. The van der Waals surface area contributed by atoms with E-state index in [1.54, 1.807) is 23.8 Å². The normalized spacial score (nSPS) is 11.3. The highest BCUT2D eigenvalue weighted by molar-refractivity contribution is 7.99. The van der Waals surface area contributed by atoms with Crippen LogP contribution in [0.2, 0.25) is 0 Å². The van der Waals surface area contributed by atoms with Crippen molar-refractivity contribution in [1.82, 2.24) is 14.8 Å². The van der Waals surface area contributed by atoms with Gasteiger partial charge in [-0.1, -0.05) is 42.1 Å². The maximum Gasteiger partial charge on any atom is 0.418 e. The van der Waals surface area contributed by atoms with E-state index in [-0.39, 0.29) is 11.4 Å². The molecule has 1 N–H and O–H groups in total. The summed E-state index contributed by atoms with van der Waals surface area (Å²) in [6.45, 7) is 0. The summed E-state index contributed by atoms with van der Waals surface area (Å²) < 4.78 is 46.6. The number of carbonyl (C=O) groups is 1. The molecule has 3 aromatic carbocycles. The Morgan fingerprint density at radius 1 is 0.971 bits per heavy atom. The number of rotatable bonds is 7. The van der Waals surface area contributed by atoms with Gasteiger partial charge in [-0.25, -0.2) is 0 Å². The monoisotopic (exact) mass is 484 g/mol. The fourth-order valence-electron chi connectivity index (χ4n) is 3.26. The highest BCUT2D eigenvalue weighted by Gasteiger charge is 2.33.